The zero-order valence-electron chi connectivity index (χ0n) is 13.4. The number of hydrogen-bond acceptors (Lipinski definition) is 3. The van der Waals surface area contributed by atoms with E-state index in [2.05, 4.69) is 49.2 Å². The SMILES string of the molecule is CC(C)CC1CN(CCn2cccn2)C(C(C)C)CN1. The maximum absolute atomic E-state index is 4.31. The van der Waals surface area contributed by atoms with Crippen LogP contribution in [-0.2, 0) is 6.54 Å². The molecule has 1 saturated heterocycles. The van der Waals surface area contributed by atoms with Crippen LogP contribution in [0.5, 0.6) is 0 Å². The van der Waals surface area contributed by atoms with Crippen LogP contribution < -0.4 is 5.32 Å². The molecule has 114 valence electrons. The fraction of sp³-hybridized carbons (Fsp3) is 0.812. The van der Waals surface area contributed by atoms with Crippen molar-refractivity contribution < 1.29 is 0 Å². The first-order valence-electron chi connectivity index (χ1n) is 8.01. The molecule has 1 aromatic heterocycles. The van der Waals surface area contributed by atoms with Crippen molar-refractivity contribution in [2.45, 2.75) is 52.7 Å². The summed E-state index contributed by atoms with van der Waals surface area (Å²) in [6.07, 6.45) is 5.18. The van der Waals surface area contributed by atoms with Crippen LogP contribution in [0.25, 0.3) is 0 Å². The Hall–Kier alpha value is -0.870. The van der Waals surface area contributed by atoms with Gasteiger partial charge < -0.3 is 5.32 Å². The van der Waals surface area contributed by atoms with E-state index >= 15 is 0 Å². The molecule has 1 aliphatic rings. The molecule has 0 spiro atoms. The lowest BCUT2D eigenvalue weighted by atomic mass is 9.95. The van der Waals surface area contributed by atoms with E-state index in [0.29, 0.717) is 18.0 Å². The van der Waals surface area contributed by atoms with Gasteiger partial charge in [-0.1, -0.05) is 27.7 Å². The zero-order chi connectivity index (χ0) is 14.5. The van der Waals surface area contributed by atoms with Crippen molar-refractivity contribution in [3.63, 3.8) is 0 Å². The van der Waals surface area contributed by atoms with Crippen LogP contribution in [0.4, 0.5) is 0 Å². The van der Waals surface area contributed by atoms with Crippen molar-refractivity contribution in [2.75, 3.05) is 19.6 Å². The predicted molar refractivity (Wildman–Crippen MR) is 83.7 cm³/mol. The van der Waals surface area contributed by atoms with E-state index in [1.54, 1.807) is 0 Å². The lowest BCUT2D eigenvalue weighted by molar-refractivity contribution is 0.0876. The Balaban J connectivity index is 1.92. The summed E-state index contributed by atoms with van der Waals surface area (Å²) in [6, 6.07) is 3.29. The zero-order valence-corrected chi connectivity index (χ0v) is 13.4. The Morgan fingerprint density at radius 1 is 1.25 bits per heavy atom. The molecule has 1 aromatic rings. The van der Waals surface area contributed by atoms with E-state index in [4.69, 9.17) is 0 Å². The molecule has 0 aromatic carbocycles. The summed E-state index contributed by atoms with van der Waals surface area (Å²) in [5, 5.41) is 8.05. The maximum atomic E-state index is 4.31. The van der Waals surface area contributed by atoms with Gasteiger partial charge in [-0.05, 0) is 24.3 Å². The first-order chi connectivity index (χ1) is 9.56. The van der Waals surface area contributed by atoms with E-state index in [9.17, 15) is 0 Å². The smallest absolute Gasteiger partial charge is 0.0536 e. The van der Waals surface area contributed by atoms with Crippen LogP contribution in [0.15, 0.2) is 18.5 Å². The summed E-state index contributed by atoms with van der Waals surface area (Å²) in [7, 11) is 0. The third-order valence-corrected chi connectivity index (χ3v) is 4.24. The topological polar surface area (TPSA) is 33.1 Å². The molecule has 0 amide bonds. The Kier molecular flexibility index (Phi) is 5.61. The van der Waals surface area contributed by atoms with Gasteiger partial charge in [-0.3, -0.25) is 9.58 Å². The maximum Gasteiger partial charge on any atom is 0.0536 e. The molecule has 1 fully saturated rings. The number of nitrogens with one attached hydrogen (secondary N) is 1. The van der Waals surface area contributed by atoms with E-state index in [0.717, 1.165) is 25.6 Å². The summed E-state index contributed by atoms with van der Waals surface area (Å²) in [6.45, 7) is 13.7. The summed E-state index contributed by atoms with van der Waals surface area (Å²) in [4.78, 5) is 2.66. The number of rotatable bonds is 6. The molecule has 2 heterocycles. The van der Waals surface area contributed by atoms with Crippen LogP contribution in [0.2, 0.25) is 0 Å². The monoisotopic (exact) mass is 278 g/mol. The highest BCUT2D eigenvalue weighted by atomic mass is 15.3. The van der Waals surface area contributed by atoms with Gasteiger partial charge in [0.1, 0.15) is 0 Å². The second kappa shape index (κ2) is 7.23. The minimum atomic E-state index is 0.641. The van der Waals surface area contributed by atoms with Crippen molar-refractivity contribution in [3.8, 4) is 0 Å². The molecule has 2 atom stereocenters. The van der Waals surface area contributed by atoms with Crippen LogP contribution in [0.3, 0.4) is 0 Å². The second-order valence-corrected chi connectivity index (χ2v) is 6.81. The predicted octanol–water partition coefficient (Wildman–Crippen LogP) is 2.23. The summed E-state index contributed by atoms with van der Waals surface area (Å²) >= 11 is 0. The lowest BCUT2D eigenvalue weighted by Gasteiger charge is -2.43. The van der Waals surface area contributed by atoms with Crippen molar-refractivity contribution in [2.24, 2.45) is 11.8 Å². The molecule has 1 aliphatic heterocycles. The standard InChI is InChI=1S/C16H30N4/c1-13(2)10-15-12-19(16(11-17-15)14(3)4)8-9-20-7-5-6-18-20/h5-7,13-17H,8-12H2,1-4H3. The Bertz CT molecular complexity index is 372. The van der Waals surface area contributed by atoms with Gasteiger partial charge in [0.2, 0.25) is 0 Å². The number of piperazine rings is 1. The van der Waals surface area contributed by atoms with E-state index in [1.807, 2.05) is 16.9 Å². The Labute approximate surface area is 123 Å². The highest BCUT2D eigenvalue weighted by Crippen LogP contribution is 2.18. The molecule has 4 heteroatoms. The molecule has 0 bridgehead atoms. The first kappa shape index (κ1) is 15.5. The molecule has 2 rings (SSSR count). The lowest BCUT2D eigenvalue weighted by Crippen LogP contribution is -2.59. The summed E-state index contributed by atoms with van der Waals surface area (Å²) in [5.74, 6) is 1.45. The van der Waals surface area contributed by atoms with E-state index in [1.165, 1.54) is 13.0 Å². The van der Waals surface area contributed by atoms with Crippen molar-refractivity contribution in [3.05, 3.63) is 18.5 Å². The molecular weight excluding hydrogens is 248 g/mol. The van der Waals surface area contributed by atoms with Crippen LogP contribution in [0.1, 0.15) is 34.1 Å². The van der Waals surface area contributed by atoms with Crippen molar-refractivity contribution >= 4 is 0 Å². The summed E-state index contributed by atoms with van der Waals surface area (Å²) in [5.41, 5.74) is 0. The number of hydrogen-bond donors (Lipinski definition) is 1. The Morgan fingerprint density at radius 3 is 2.65 bits per heavy atom. The van der Waals surface area contributed by atoms with Gasteiger partial charge in [-0.2, -0.15) is 5.10 Å². The molecule has 1 N–H and O–H groups in total. The van der Waals surface area contributed by atoms with Gasteiger partial charge in [0.05, 0.1) is 6.54 Å². The minimum absolute atomic E-state index is 0.641. The Morgan fingerprint density at radius 2 is 2.05 bits per heavy atom. The minimum Gasteiger partial charge on any atom is -0.311 e. The second-order valence-electron chi connectivity index (χ2n) is 6.81. The third-order valence-electron chi connectivity index (χ3n) is 4.24. The number of nitrogens with zero attached hydrogens (tertiary/aromatic N) is 3. The number of aromatic nitrogens is 2. The highest BCUT2D eigenvalue weighted by Gasteiger charge is 2.29. The molecule has 0 saturated carbocycles. The fourth-order valence-corrected chi connectivity index (χ4v) is 3.20. The van der Waals surface area contributed by atoms with Gasteiger partial charge in [0.15, 0.2) is 0 Å². The van der Waals surface area contributed by atoms with E-state index < -0.39 is 0 Å². The van der Waals surface area contributed by atoms with Crippen LogP contribution >= 0.6 is 0 Å². The molecule has 4 nitrogen and oxygen atoms in total. The average Bonchev–Trinajstić information content (AvgIpc) is 2.88. The average molecular weight is 278 g/mol. The molecule has 0 aliphatic carbocycles. The highest BCUT2D eigenvalue weighted by molar-refractivity contribution is 4.88. The first-order valence-corrected chi connectivity index (χ1v) is 8.01. The quantitative estimate of drug-likeness (QED) is 0.866. The molecule has 2 unspecified atom stereocenters. The molecular formula is C16H30N4. The molecule has 20 heavy (non-hydrogen) atoms. The van der Waals surface area contributed by atoms with Crippen molar-refractivity contribution in [1.82, 2.24) is 20.0 Å². The van der Waals surface area contributed by atoms with Gasteiger partial charge in [-0.15, -0.1) is 0 Å². The van der Waals surface area contributed by atoms with Gasteiger partial charge >= 0.3 is 0 Å². The third kappa shape index (κ3) is 4.32. The van der Waals surface area contributed by atoms with E-state index in [-0.39, 0.29) is 0 Å². The molecule has 0 radical (unpaired) electrons. The van der Waals surface area contributed by atoms with Gasteiger partial charge in [-0.25, -0.2) is 0 Å². The largest absolute Gasteiger partial charge is 0.311 e. The van der Waals surface area contributed by atoms with Gasteiger partial charge in [0.25, 0.3) is 0 Å². The normalized spacial score (nSPS) is 24.7. The summed E-state index contributed by atoms with van der Waals surface area (Å²) < 4.78 is 2.04. The van der Waals surface area contributed by atoms with Crippen LogP contribution in [0, 0.1) is 11.8 Å². The van der Waals surface area contributed by atoms with Crippen LogP contribution in [-0.4, -0.2) is 46.4 Å². The van der Waals surface area contributed by atoms with Gasteiger partial charge in [0, 0.05) is 44.1 Å². The van der Waals surface area contributed by atoms with Crippen molar-refractivity contribution in [1.29, 1.82) is 0 Å². The fourth-order valence-electron chi connectivity index (χ4n) is 3.20.